The highest BCUT2D eigenvalue weighted by molar-refractivity contribution is 6.04. The second-order valence-electron chi connectivity index (χ2n) is 6.53. The van der Waals surface area contributed by atoms with Crippen molar-refractivity contribution in [3.05, 3.63) is 89.0 Å². The lowest BCUT2D eigenvalue weighted by molar-refractivity contribution is 0.0954. The van der Waals surface area contributed by atoms with E-state index in [0.717, 1.165) is 5.56 Å². The Labute approximate surface area is 174 Å². The fourth-order valence-electron chi connectivity index (χ4n) is 2.71. The van der Waals surface area contributed by atoms with Gasteiger partial charge < -0.3 is 15.2 Å². The Balaban J connectivity index is 1.58. The molecular weight excluding hydrogens is 382 g/mol. The average Bonchev–Trinajstić information content (AvgIpc) is 2.74. The molecule has 0 fully saturated rings. The Bertz CT molecular complexity index is 1090. The molecule has 0 radical (unpaired) electrons. The summed E-state index contributed by atoms with van der Waals surface area (Å²) in [4.78, 5) is 24.5. The molecule has 3 aromatic carbocycles. The van der Waals surface area contributed by atoms with Gasteiger partial charge in [-0.1, -0.05) is 17.7 Å². The third-order valence-corrected chi connectivity index (χ3v) is 4.27. The normalized spacial score (nSPS) is 10.6. The zero-order valence-corrected chi connectivity index (χ0v) is 16.5. The minimum absolute atomic E-state index is 0.0175. The molecule has 0 bridgehead atoms. The third-order valence-electron chi connectivity index (χ3n) is 4.27. The fourth-order valence-corrected chi connectivity index (χ4v) is 2.71. The number of amides is 2. The molecule has 30 heavy (non-hydrogen) atoms. The number of hydrogen-bond donors (Lipinski definition) is 3. The second kappa shape index (κ2) is 9.38. The van der Waals surface area contributed by atoms with E-state index in [1.165, 1.54) is 19.4 Å². The van der Waals surface area contributed by atoms with E-state index in [1.54, 1.807) is 48.5 Å². The number of aromatic hydroxyl groups is 1. The molecule has 0 aromatic heterocycles. The van der Waals surface area contributed by atoms with Crippen molar-refractivity contribution < 1.29 is 19.4 Å². The van der Waals surface area contributed by atoms with E-state index in [1.807, 2.05) is 19.1 Å². The van der Waals surface area contributed by atoms with Crippen molar-refractivity contribution >= 4 is 23.7 Å². The van der Waals surface area contributed by atoms with Gasteiger partial charge in [-0.05, 0) is 67.1 Å². The van der Waals surface area contributed by atoms with Gasteiger partial charge in [0.2, 0.25) is 0 Å². The van der Waals surface area contributed by atoms with Crippen molar-refractivity contribution in [1.82, 2.24) is 5.43 Å². The van der Waals surface area contributed by atoms with E-state index in [9.17, 15) is 14.7 Å². The van der Waals surface area contributed by atoms with Crippen LogP contribution in [0.5, 0.6) is 11.5 Å². The SMILES string of the molecule is COc1ccc(/C=N\NC(=O)c2ccc(NC(=O)c3cccc(C)c3)cc2)cc1O. The first-order valence-electron chi connectivity index (χ1n) is 9.15. The molecule has 0 saturated carbocycles. The minimum Gasteiger partial charge on any atom is -0.504 e. The molecule has 0 aliphatic heterocycles. The van der Waals surface area contributed by atoms with Crippen molar-refractivity contribution in [1.29, 1.82) is 0 Å². The van der Waals surface area contributed by atoms with Crippen LogP contribution in [0.25, 0.3) is 0 Å². The monoisotopic (exact) mass is 403 g/mol. The Kier molecular flexibility index (Phi) is 6.44. The molecule has 0 saturated heterocycles. The van der Waals surface area contributed by atoms with Crippen molar-refractivity contribution in [2.75, 3.05) is 12.4 Å². The molecule has 0 aliphatic carbocycles. The smallest absolute Gasteiger partial charge is 0.271 e. The number of hydrazone groups is 1. The van der Waals surface area contributed by atoms with Gasteiger partial charge in [-0.2, -0.15) is 5.10 Å². The van der Waals surface area contributed by atoms with Gasteiger partial charge in [0.05, 0.1) is 13.3 Å². The number of hydrogen-bond acceptors (Lipinski definition) is 5. The van der Waals surface area contributed by atoms with Crippen LogP contribution in [0.2, 0.25) is 0 Å². The largest absolute Gasteiger partial charge is 0.504 e. The molecule has 0 heterocycles. The molecule has 0 unspecified atom stereocenters. The second-order valence-corrected chi connectivity index (χ2v) is 6.53. The molecule has 2 amide bonds. The highest BCUT2D eigenvalue weighted by Gasteiger charge is 2.08. The van der Waals surface area contributed by atoms with Crippen molar-refractivity contribution in [3.8, 4) is 11.5 Å². The molecule has 7 heteroatoms. The molecular formula is C23H21N3O4. The van der Waals surface area contributed by atoms with Gasteiger partial charge >= 0.3 is 0 Å². The molecule has 7 nitrogen and oxygen atoms in total. The maximum absolute atomic E-state index is 12.3. The summed E-state index contributed by atoms with van der Waals surface area (Å²) in [5.41, 5.74) is 5.55. The summed E-state index contributed by atoms with van der Waals surface area (Å²) in [5.74, 6) is -0.286. The number of carbonyl (C=O) groups excluding carboxylic acids is 2. The zero-order valence-electron chi connectivity index (χ0n) is 16.5. The maximum Gasteiger partial charge on any atom is 0.271 e. The quantitative estimate of drug-likeness (QED) is 0.431. The number of nitrogens with zero attached hydrogens (tertiary/aromatic N) is 1. The highest BCUT2D eigenvalue weighted by atomic mass is 16.5. The van der Waals surface area contributed by atoms with Crippen LogP contribution in [0.15, 0.2) is 71.8 Å². The lowest BCUT2D eigenvalue weighted by atomic mass is 10.1. The number of carbonyl (C=O) groups is 2. The molecule has 0 spiro atoms. The topological polar surface area (TPSA) is 100 Å². The summed E-state index contributed by atoms with van der Waals surface area (Å²) in [5, 5.41) is 16.4. The van der Waals surface area contributed by atoms with Gasteiger partial charge in [0.15, 0.2) is 11.5 Å². The first kappa shape index (κ1) is 20.6. The van der Waals surface area contributed by atoms with Gasteiger partial charge in [0.25, 0.3) is 11.8 Å². The lowest BCUT2D eigenvalue weighted by Gasteiger charge is -2.07. The van der Waals surface area contributed by atoms with Crippen LogP contribution < -0.4 is 15.5 Å². The summed E-state index contributed by atoms with van der Waals surface area (Å²) >= 11 is 0. The van der Waals surface area contributed by atoms with Crippen molar-refractivity contribution in [2.45, 2.75) is 6.92 Å². The van der Waals surface area contributed by atoms with Crippen LogP contribution >= 0.6 is 0 Å². The average molecular weight is 403 g/mol. The number of anilines is 1. The summed E-state index contributed by atoms with van der Waals surface area (Å²) in [6.07, 6.45) is 1.41. The summed E-state index contributed by atoms with van der Waals surface area (Å²) in [7, 11) is 1.46. The third kappa shape index (κ3) is 5.23. The molecule has 3 rings (SSSR count). The molecule has 0 atom stereocenters. The van der Waals surface area contributed by atoms with Gasteiger partial charge in [-0.25, -0.2) is 5.43 Å². The van der Waals surface area contributed by atoms with Crippen LogP contribution in [0.1, 0.15) is 31.8 Å². The highest BCUT2D eigenvalue weighted by Crippen LogP contribution is 2.25. The first-order chi connectivity index (χ1) is 14.5. The van der Waals surface area contributed by atoms with Gasteiger partial charge in [0.1, 0.15) is 0 Å². The number of phenolic OH excluding ortho intramolecular Hbond substituents is 1. The summed E-state index contributed by atoms with van der Waals surface area (Å²) in [6, 6.07) is 18.5. The molecule has 3 N–H and O–H groups in total. The van der Waals surface area contributed by atoms with Crippen LogP contribution in [0, 0.1) is 6.92 Å². The Morgan fingerprint density at radius 2 is 1.73 bits per heavy atom. The standard InChI is InChI=1S/C23H21N3O4/c1-15-4-3-5-18(12-15)22(28)25-19-9-7-17(8-10-19)23(29)26-24-14-16-6-11-21(30-2)20(27)13-16/h3-14,27H,1-2H3,(H,25,28)(H,26,29)/b24-14-. The predicted molar refractivity (Wildman–Crippen MR) is 115 cm³/mol. The van der Waals surface area contributed by atoms with Crippen LogP contribution in [-0.4, -0.2) is 30.2 Å². The van der Waals surface area contributed by atoms with Crippen LogP contribution in [0.3, 0.4) is 0 Å². The number of benzene rings is 3. The van der Waals surface area contributed by atoms with E-state index in [-0.39, 0.29) is 11.7 Å². The van der Waals surface area contributed by atoms with Crippen LogP contribution in [-0.2, 0) is 0 Å². The van der Waals surface area contributed by atoms with Gasteiger partial charge in [-0.3, -0.25) is 9.59 Å². The number of ether oxygens (including phenoxy) is 1. The van der Waals surface area contributed by atoms with E-state index >= 15 is 0 Å². The van der Waals surface area contributed by atoms with Crippen molar-refractivity contribution in [3.63, 3.8) is 0 Å². The number of nitrogens with one attached hydrogen (secondary N) is 2. The van der Waals surface area contributed by atoms with Crippen molar-refractivity contribution in [2.24, 2.45) is 5.10 Å². The molecule has 152 valence electrons. The van der Waals surface area contributed by atoms with E-state index in [0.29, 0.717) is 28.1 Å². The Morgan fingerprint density at radius 3 is 2.40 bits per heavy atom. The van der Waals surface area contributed by atoms with E-state index in [2.05, 4.69) is 15.8 Å². The van der Waals surface area contributed by atoms with E-state index < -0.39 is 5.91 Å². The van der Waals surface area contributed by atoms with Gasteiger partial charge in [-0.15, -0.1) is 0 Å². The molecule has 0 aliphatic rings. The predicted octanol–water partition coefficient (Wildman–Crippen LogP) is 3.73. The Hall–Kier alpha value is -4.13. The lowest BCUT2D eigenvalue weighted by Crippen LogP contribution is -2.18. The Morgan fingerprint density at radius 1 is 0.967 bits per heavy atom. The number of rotatable bonds is 6. The van der Waals surface area contributed by atoms with E-state index in [4.69, 9.17) is 4.74 Å². The fraction of sp³-hybridized carbons (Fsp3) is 0.0870. The summed E-state index contributed by atoms with van der Waals surface area (Å²) < 4.78 is 4.97. The number of aryl methyl sites for hydroxylation is 1. The zero-order chi connectivity index (χ0) is 21.5. The maximum atomic E-state index is 12.3. The minimum atomic E-state index is -0.402. The number of methoxy groups -OCH3 is 1. The summed E-state index contributed by atoms with van der Waals surface area (Å²) in [6.45, 7) is 1.92. The van der Waals surface area contributed by atoms with Crippen LogP contribution in [0.4, 0.5) is 5.69 Å². The molecule has 3 aromatic rings. The van der Waals surface area contributed by atoms with Gasteiger partial charge in [0, 0.05) is 16.8 Å². The first-order valence-corrected chi connectivity index (χ1v) is 9.15. The number of phenols is 1.